The zero-order chi connectivity index (χ0) is 13.7. The molecule has 3 nitrogen and oxygen atoms in total. The molecule has 0 spiro atoms. The van der Waals surface area contributed by atoms with Crippen LogP contribution in [0.25, 0.3) is 0 Å². The van der Waals surface area contributed by atoms with Gasteiger partial charge in [-0.2, -0.15) is 0 Å². The molecule has 1 N–H and O–H groups in total. The van der Waals surface area contributed by atoms with Crippen molar-refractivity contribution in [2.75, 3.05) is 7.05 Å². The normalized spacial score (nSPS) is 12.6. The third kappa shape index (κ3) is 3.44. The van der Waals surface area contributed by atoms with E-state index in [2.05, 4.69) is 59.2 Å². The smallest absolute Gasteiger partial charge is 0.110 e. The lowest BCUT2D eigenvalue weighted by atomic mass is 10.0. The summed E-state index contributed by atoms with van der Waals surface area (Å²) in [6.45, 7) is 5.37. The molecule has 0 fully saturated rings. The van der Waals surface area contributed by atoms with Gasteiger partial charge in [0.05, 0.1) is 0 Å². The number of nitrogens with one attached hydrogen (secondary N) is 1. The first kappa shape index (κ1) is 13.8. The fourth-order valence-corrected chi connectivity index (χ4v) is 2.43. The van der Waals surface area contributed by atoms with Crippen LogP contribution in [-0.4, -0.2) is 16.6 Å². The van der Waals surface area contributed by atoms with E-state index in [-0.39, 0.29) is 0 Å². The molecule has 0 aliphatic carbocycles. The van der Waals surface area contributed by atoms with Crippen molar-refractivity contribution in [2.45, 2.75) is 39.3 Å². The van der Waals surface area contributed by atoms with E-state index in [1.54, 1.807) is 0 Å². The number of nitrogens with zero attached hydrogens (tertiary/aromatic N) is 2. The quantitative estimate of drug-likeness (QED) is 0.861. The maximum Gasteiger partial charge on any atom is 0.110 e. The van der Waals surface area contributed by atoms with Gasteiger partial charge in [0.1, 0.15) is 5.82 Å². The number of benzene rings is 1. The van der Waals surface area contributed by atoms with Crippen LogP contribution in [-0.2, 0) is 13.0 Å². The molecular formula is C16H23N3. The largest absolute Gasteiger partial charge is 0.335 e. The van der Waals surface area contributed by atoms with Gasteiger partial charge in [0, 0.05) is 31.4 Å². The van der Waals surface area contributed by atoms with Crippen LogP contribution in [0, 0.1) is 6.92 Å². The van der Waals surface area contributed by atoms with Crippen LogP contribution in [0.15, 0.2) is 36.7 Å². The second kappa shape index (κ2) is 6.53. The summed E-state index contributed by atoms with van der Waals surface area (Å²) < 4.78 is 2.25. The van der Waals surface area contributed by atoms with Crippen molar-refractivity contribution in [3.63, 3.8) is 0 Å². The molecule has 0 aliphatic heterocycles. The summed E-state index contributed by atoms with van der Waals surface area (Å²) in [4.78, 5) is 4.49. The van der Waals surface area contributed by atoms with Gasteiger partial charge in [-0.1, -0.05) is 36.8 Å². The average Bonchev–Trinajstić information content (AvgIpc) is 2.84. The standard InChI is InChI=1S/C16H23N3/c1-4-9-19-10-8-18-16(19)12-15(17-3)14-7-5-6-13(2)11-14/h5-8,10-11,15,17H,4,9,12H2,1-3H3. The van der Waals surface area contributed by atoms with E-state index in [4.69, 9.17) is 0 Å². The van der Waals surface area contributed by atoms with Gasteiger partial charge in [-0.25, -0.2) is 4.98 Å². The Kier molecular flexibility index (Phi) is 4.74. The predicted octanol–water partition coefficient (Wildman–Crippen LogP) is 3.10. The molecule has 1 atom stereocenters. The lowest BCUT2D eigenvalue weighted by Gasteiger charge is -2.17. The molecule has 102 valence electrons. The average molecular weight is 257 g/mol. The summed E-state index contributed by atoms with van der Waals surface area (Å²) in [5, 5.41) is 3.40. The second-order valence-electron chi connectivity index (χ2n) is 5.00. The molecule has 1 heterocycles. The molecular weight excluding hydrogens is 234 g/mol. The van der Waals surface area contributed by atoms with E-state index < -0.39 is 0 Å². The molecule has 0 saturated heterocycles. The minimum absolute atomic E-state index is 0.318. The van der Waals surface area contributed by atoms with Crippen LogP contribution in [0.2, 0.25) is 0 Å². The molecule has 1 aromatic heterocycles. The Morgan fingerprint density at radius 2 is 2.21 bits per heavy atom. The summed E-state index contributed by atoms with van der Waals surface area (Å²) in [5.74, 6) is 1.16. The molecule has 1 aromatic carbocycles. The first-order chi connectivity index (χ1) is 9.24. The molecule has 0 bridgehead atoms. The maximum absolute atomic E-state index is 4.49. The minimum atomic E-state index is 0.318. The third-order valence-corrected chi connectivity index (χ3v) is 3.45. The molecule has 0 saturated carbocycles. The maximum atomic E-state index is 4.49. The van der Waals surface area contributed by atoms with Crippen molar-refractivity contribution < 1.29 is 0 Å². The van der Waals surface area contributed by atoms with Gasteiger partial charge in [-0.15, -0.1) is 0 Å². The molecule has 19 heavy (non-hydrogen) atoms. The van der Waals surface area contributed by atoms with E-state index in [0.717, 1.165) is 25.2 Å². The van der Waals surface area contributed by atoms with E-state index in [0.29, 0.717) is 6.04 Å². The first-order valence-electron chi connectivity index (χ1n) is 6.98. The highest BCUT2D eigenvalue weighted by Crippen LogP contribution is 2.18. The Morgan fingerprint density at radius 3 is 2.89 bits per heavy atom. The summed E-state index contributed by atoms with van der Waals surface area (Å²) >= 11 is 0. The fraction of sp³-hybridized carbons (Fsp3) is 0.438. The predicted molar refractivity (Wildman–Crippen MR) is 79.2 cm³/mol. The van der Waals surface area contributed by atoms with Crippen LogP contribution in [0.4, 0.5) is 0 Å². The lowest BCUT2D eigenvalue weighted by Crippen LogP contribution is -2.21. The summed E-state index contributed by atoms with van der Waals surface area (Å²) in [5.41, 5.74) is 2.63. The van der Waals surface area contributed by atoms with Gasteiger partial charge in [0.25, 0.3) is 0 Å². The van der Waals surface area contributed by atoms with Crippen molar-refractivity contribution >= 4 is 0 Å². The van der Waals surface area contributed by atoms with E-state index in [1.807, 2.05) is 13.2 Å². The van der Waals surface area contributed by atoms with Gasteiger partial charge < -0.3 is 9.88 Å². The zero-order valence-corrected chi connectivity index (χ0v) is 12.1. The topological polar surface area (TPSA) is 29.9 Å². The first-order valence-corrected chi connectivity index (χ1v) is 6.98. The van der Waals surface area contributed by atoms with Crippen molar-refractivity contribution in [3.05, 3.63) is 53.6 Å². The highest BCUT2D eigenvalue weighted by molar-refractivity contribution is 5.25. The van der Waals surface area contributed by atoms with Crippen molar-refractivity contribution in [3.8, 4) is 0 Å². The van der Waals surface area contributed by atoms with Crippen LogP contribution in [0.1, 0.15) is 36.3 Å². The van der Waals surface area contributed by atoms with Crippen molar-refractivity contribution in [1.82, 2.24) is 14.9 Å². The molecule has 3 heteroatoms. The van der Waals surface area contributed by atoms with Gasteiger partial charge in [-0.05, 0) is 26.0 Å². The van der Waals surface area contributed by atoms with Crippen molar-refractivity contribution in [2.24, 2.45) is 0 Å². The SMILES string of the molecule is CCCn1ccnc1CC(NC)c1cccc(C)c1. The Labute approximate surface area is 115 Å². The number of rotatable bonds is 6. The number of likely N-dealkylation sites (N-methyl/N-ethyl adjacent to an activating group) is 1. The van der Waals surface area contributed by atoms with Gasteiger partial charge in [0.15, 0.2) is 0 Å². The van der Waals surface area contributed by atoms with Gasteiger partial charge >= 0.3 is 0 Å². The minimum Gasteiger partial charge on any atom is -0.335 e. The molecule has 0 amide bonds. The Morgan fingerprint density at radius 1 is 1.37 bits per heavy atom. The molecule has 0 aliphatic rings. The van der Waals surface area contributed by atoms with Crippen LogP contribution in [0.3, 0.4) is 0 Å². The van der Waals surface area contributed by atoms with Crippen LogP contribution >= 0.6 is 0 Å². The van der Waals surface area contributed by atoms with Crippen LogP contribution in [0.5, 0.6) is 0 Å². The van der Waals surface area contributed by atoms with E-state index >= 15 is 0 Å². The Balaban J connectivity index is 2.17. The van der Waals surface area contributed by atoms with Crippen molar-refractivity contribution in [1.29, 1.82) is 0 Å². The van der Waals surface area contributed by atoms with Gasteiger partial charge in [0.2, 0.25) is 0 Å². The zero-order valence-electron chi connectivity index (χ0n) is 12.1. The number of aryl methyl sites for hydroxylation is 2. The second-order valence-corrected chi connectivity index (χ2v) is 5.00. The molecule has 2 rings (SSSR count). The third-order valence-electron chi connectivity index (χ3n) is 3.45. The van der Waals surface area contributed by atoms with Crippen LogP contribution < -0.4 is 5.32 Å². The highest BCUT2D eigenvalue weighted by Gasteiger charge is 2.13. The Hall–Kier alpha value is -1.61. The number of imidazole rings is 1. The van der Waals surface area contributed by atoms with Gasteiger partial charge in [-0.3, -0.25) is 0 Å². The lowest BCUT2D eigenvalue weighted by molar-refractivity contribution is 0.543. The Bertz CT molecular complexity index is 516. The number of aromatic nitrogens is 2. The fourth-order valence-electron chi connectivity index (χ4n) is 2.43. The number of hydrogen-bond acceptors (Lipinski definition) is 2. The molecule has 1 unspecified atom stereocenters. The monoisotopic (exact) mass is 257 g/mol. The van der Waals surface area contributed by atoms with E-state index in [1.165, 1.54) is 11.1 Å². The summed E-state index contributed by atoms with van der Waals surface area (Å²) in [7, 11) is 2.01. The molecule has 2 aromatic rings. The summed E-state index contributed by atoms with van der Waals surface area (Å²) in [6, 6.07) is 9.00. The highest BCUT2D eigenvalue weighted by atomic mass is 15.1. The molecule has 0 radical (unpaired) electrons. The summed E-state index contributed by atoms with van der Waals surface area (Å²) in [6.07, 6.45) is 6.03. The number of hydrogen-bond donors (Lipinski definition) is 1. The van der Waals surface area contributed by atoms with E-state index in [9.17, 15) is 0 Å².